The molecule has 0 bridgehead atoms. The summed E-state index contributed by atoms with van der Waals surface area (Å²) in [6.07, 6.45) is -0.113. The van der Waals surface area contributed by atoms with Crippen LogP contribution in [-0.4, -0.2) is 32.9 Å². The van der Waals surface area contributed by atoms with Crippen molar-refractivity contribution in [3.63, 3.8) is 0 Å². The molecule has 1 unspecified atom stereocenters. The average molecular weight is 551 g/mol. The molecule has 0 fully saturated rings. The van der Waals surface area contributed by atoms with Crippen LogP contribution in [0.15, 0.2) is 71.6 Å². The summed E-state index contributed by atoms with van der Waals surface area (Å²) in [6, 6.07) is 17.9. The Morgan fingerprint density at radius 3 is 2.38 bits per heavy atom. The van der Waals surface area contributed by atoms with Crippen molar-refractivity contribution in [3.05, 3.63) is 83.4 Å². The highest BCUT2D eigenvalue weighted by molar-refractivity contribution is 7.89. The Morgan fingerprint density at radius 1 is 1.08 bits per heavy atom. The third kappa shape index (κ3) is 7.47. The van der Waals surface area contributed by atoms with Crippen LogP contribution in [0.4, 0.5) is 5.69 Å². The molecular formula is C27H30N6O5S. The van der Waals surface area contributed by atoms with E-state index in [2.05, 4.69) is 15.6 Å². The summed E-state index contributed by atoms with van der Waals surface area (Å²) < 4.78 is 37.3. The van der Waals surface area contributed by atoms with Gasteiger partial charge >= 0.3 is 0 Å². The van der Waals surface area contributed by atoms with Gasteiger partial charge in [0, 0.05) is 11.3 Å². The summed E-state index contributed by atoms with van der Waals surface area (Å²) in [6.45, 7) is 5.93. The molecule has 39 heavy (non-hydrogen) atoms. The van der Waals surface area contributed by atoms with Crippen molar-refractivity contribution in [2.24, 2.45) is 5.73 Å². The summed E-state index contributed by atoms with van der Waals surface area (Å²) in [5.41, 5.74) is 9.18. The van der Waals surface area contributed by atoms with Crippen LogP contribution in [0.3, 0.4) is 0 Å². The van der Waals surface area contributed by atoms with Crippen molar-refractivity contribution in [2.45, 2.75) is 37.8 Å². The van der Waals surface area contributed by atoms with E-state index in [0.717, 1.165) is 0 Å². The number of hydrogen-bond donors (Lipinski definition) is 5. The number of sulfonamides is 1. The van der Waals surface area contributed by atoms with Crippen molar-refractivity contribution in [1.82, 2.24) is 10.3 Å². The second kappa shape index (κ2) is 12.8. The van der Waals surface area contributed by atoms with Crippen molar-refractivity contribution in [2.75, 3.05) is 11.9 Å². The maximum absolute atomic E-state index is 13.4. The van der Waals surface area contributed by atoms with Gasteiger partial charge in [0.1, 0.15) is 22.8 Å². The van der Waals surface area contributed by atoms with Crippen LogP contribution in [0.1, 0.15) is 43.5 Å². The van der Waals surface area contributed by atoms with Crippen molar-refractivity contribution < 1.29 is 22.7 Å². The molecule has 204 valence electrons. The molecule has 3 aromatic rings. The fourth-order valence-electron chi connectivity index (χ4n) is 3.57. The normalized spacial score (nSPS) is 11.8. The second-order valence-corrected chi connectivity index (χ2v) is 10.2. The Labute approximate surface area is 227 Å². The minimum Gasteiger partial charge on any atom is -0.490 e. The number of carbonyl (C=O) groups excluding carboxylic acids is 1. The number of nitriles is 1. The fraction of sp³-hybridized carbons (Fsp3) is 0.222. The van der Waals surface area contributed by atoms with E-state index in [1.165, 1.54) is 24.3 Å². The van der Waals surface area contributed by atoms with E-state index < -0.39 is 22.0 Å². The predicted octanol–water partition coefficient (Wildman–Crippen LogP) is 3.19. The number of amides is 1. The van der Waals surface area contributed by atoms with Gasteiger partial charge in [0.05, 0.1) is 18.3 Å². The zero-order chi connectivity index (χ0) is 28.6. The number of nitrogen functional groups attached to an aromatic ring is 1. The molecule has 1 amide bonds. The van der Waals surface area contributed by atoms with Crippen LogP contribution in [0, 0.1) is 16.7 Å². The number of benzene rings is 3. The molecule has 0 aromatic heterocycles. The molecule has 12 heteroatoms. The number of hydrazine groups is 1. The van der Waals surface area contributed by atoms with E-state index in [0.29, 0.717) is 34.9 Å². The first-order chi connectivity index (χ1) is 18.6. The lowest BCUT2D eigenvalue weighted by Gasteiger charge is -2.22. The van der Waals surface area contributed by atoms with Crippen LogP contribution in [0.5, 0.6) is 11.5 Å². The Kier molecular flexibility index (Phi) is 9.48. The van der Waals surface area contributed by atoms with E-state index in [1.807, 2.05) is 26.8 Å². The quantitative estimate of drug-likeness (QED) is 0.130. The molecule has 0 spiro atoms. The lowest BCUT2D eigenvalue weighted by molar-refractivity contribution is -0.122. The summed E-state index contributed by atoms with van der Waals surface area (Å²) in [4.78, 5) is 15.2. The van der Waals surface area contributed by atoms with Gasteiger partial charge in [-0.15, -0.1) is 4.83 Å². The van der Waals surface area contributed by atoms with Crippen LogP contribution < -0.4 is 30.8 Å². The predicted molar refractivity (Wildman–Crippen MR) is 147 cm³/mol. The third-order valence-electron chi connectivity index (χ3n) is 5.34. The second-order valence-electron chi connectivity index (χ2n) is 8.58. The van der Waals surface area contributed by atoms with Crippen LogP contribution in [0.2, 0.25) is 0 Å². The van der Waals surface area contributed by atoms with Gasteiger partial charge in [0.25, 0.3) is 15.9 Å². The topological polar surface area (TPSA) is 179 Å². The van der Waals surface area contributed by atoms with Gasteiger partial charge < -0.3 is 20.5 Å². The summed E-state index contributed by atoms with van der Waals surface area (Å²) in [5.74, 6) is 0.0711. The Hall–Kier alpha value is -4.60. The standard InChI is InChI=1S/C27H30N6O5S/c1-4-37-23-15-19(11-14-22(23)38-17(2)3)25(31-21-12-9-18(10-13-21)26(29)30)27(34)32-33-39(35,36)24-8-6-5-7-20(24)16-28/h5-15,17,25,31,33H,4H2,1-3H3,(H3,29,30)(H,32,34). The van der Waals surface area contributed by atoms with Crippen LogP contribution in [-0.2, 0) is 14.8 Å². The summed E-state index contributed by atoms with van der Waals surface area (Å²) >= 11 is 0. The maximum Gasteiger partial charge on any atom is 0.262 e. The SMILES string of the molecule is CCOc1cc(C(Nc2ccc(C(=N)N)cc2)C(=O)NNS(=O)(=O)c2ccccc2C#N)ccc1OC(C)C. The van der Waals surface area contributed by atoms with Crippen molar-refractivity contribution >= 4 is 27.5 Å². The summed E-state index contributed by atoms with van der Waals surface area (Å²) in [5, 5.41) is 19.9. The molecule has 0 saturated carbocycles. The monoisotopic (exact) mass is 550 g/mol. The van der Waals surface area contributed by atoms with Gasteiger partial charge in [-0.1, -0.05) is 18.2 Å². The molecule has 1 atom stereocenters. The first kappa shape index (κ1) is 29.0. The lowest BCUT2D eigenvalue weighted by Crippen LogP contribution is -2.45. The molecule has 0 heterocycles. The van der Waals surface area contributed by atoms with Gasteiger partial charge in [-0.05, 0) is 74.9 Å². The first-order valence-electron chi connectivity index (χ1n) is 12.0. The molecule has 0 aliphatic carbocycles. The number of carbonyl (C=O) groups is 1. The smallest absolute Gasteiger partial charge is 0.262 e. The zero-order valence-corrected chi connectivity index (χ0v) is 22.5. The average Bonchev–Trinajstić information content (AvgIpc) is 2.91. The number of nitrogens with one attached hydrogen (secondary N) is 4. The lowest BCUT2D eigenvalue weighted by atomic mass is 10.0. The fourth-order valence-corrected chi connectivity index (χ4v) is 4.58. The number of ether oxygens (including phenoxy) is 2. The molecule has 11 nitrogen and oxygen atoms in total. The van der Waals surface area contributed by atoms with Gasteiger partial charge in [0.2, 0.25) is 0 Å². The first-order valence-corrected chi connectivity index (χ1v) is 13.5. The van der Waals surface area contributed by atoms with E-state index in [9.17, 15) is 18.5 Å². The number of nitrogens with zero attached hydrogens (tertiary/aromatic N) is 1. The van der Waals surface area contributed by atoms with E-state index in [4.69, 9.17) is 20.6 Å². The van der Waals surface area contributed by atoms with Crippen molar-refractivity contribution in [1.29, 1.82) is 10.7 Å². The van der Waals surface area contributed by atoms with Gasteiger partial charge in [-0.3, -0.25) is 15.6 Å². The molecule has 0 saturated heterocycles. The molecule has 3 rings (SSSR count). The van der Waals surface area contributed by atoms with Crippen LogP contribution in [0.25, 0.3) is 0 Å². The number of amidine groups is 1. The van der Waals surface area contributed by atoms with E-state index in [-0.39, 0.29) is 22.4 Å². The van der Waals surface area contributed by atoms with E-state index >= 15 is 0 Å². The Morgan fingerprint density at radius 2 is 1.77 bits per heavy atom. The molecule has 3 aromatic carbocycles. The number of rotatable bonds is 12. The van der Waals surface area contributed by atoms with Gasteiger partial charge in [0.15, 0.2) is 11.5 Å². The zero-order valence-electron chi connectivity index (χ0n) is 21.7. The molecule has 6 N–H and O–H groups in total. The number of nitrogens with two attached hydrogens (primary N) is 1. The number of anilines is 1. The van der Waals surface area contributed by atoms with E-state index in [1.54, 1.807) is 42.5 Å². The molecule has 0 aliphatic rings. The van der Waals surface area contributed by atoms with Gasteiger partial charge in [-0.2, -0.15) is 5.26 Å². The van der Waals surface area contributed by atoms with Crippen molar-refractivity contribution in [3.8, 4) is 17.6 Å². The van der Waals surface area contributed by atoms with Crippen LogP contribution >= 0.6 is 0 Å². The Bertz CT molecular complexity index is 1480. The maximum atomic E-state index is 13.4. The Balaban J connectivity index is 1.95. The highest BCUT2D eigenvalue weighted by Crippen LogP contribution is 2.33. The molecule has 0 radical (unpaired) electrons. The minimum absolute atomic E-state index is 0.0680. The largest absolute Gasteiger partial charge is 0.490 e. The summed E-state index contributed by atoms with van der Waals surface area (Å²) in [7, 11) is -4.25. The third-order valence-corrected chi connectivity index (χ3v) is 6.64. The highest BCUT2D eigenvalue weighted by atomic mass is 32.2. The van der Waals surface area contributed by atoms with Gasteiger partial charge in [-0.25, -0.2) is 8.42 Å². The molecule has 0 aliphatic heterocycles. The molecular weight excluding hydrogens is 520 g/mol. The minimum atomic E-state index is -4.25. The highest BCUT2D eigenvalue weighted by Gasteiger charge is 2.26. The number of hydrogen-bond acceptors (Lipinski definition) is 8.